The zero-order valence-electron chi connectivity index (χ0n) is 15.0. The van der Waals surface area contributed by atoms with Gasteiger partial charge in [0.15, 0.2) is 0 Å². The molecular weight excluding hydrogens is 334 g/mol. The van der Waals surface area contributed by atoms with Gasteiger partial charge in [0.25, 0.3) is 0 Å². The van der Waals surface area contributed by atoms with E-state index in [0.717, 1.165) is 56.9 Å². The van der Waals surface area contributed by atoms with E-state index in [1.807, 2.05) is 24.4 Å². The second-order valence-corrected chi connectivity index (χ2v) is 6.55. The summed E-state index contributed by atoms with van der Waals surface area (Å²) in [4.78, 5) is 4.64. The summed E-state index contributed by atoms with van der Waals surface area (Å²) in [5.41, 5.74) is 7.65. The van der Waals surface area contributed by atoms with Gasteiger partial charge in [0.1, 0.15) is 5.75 Å². The summed E-state index contributed by atoms with van der Waals surface area (Å²) < 4.78 is 5.74. The lowest BCUT2D eigenvalue weighted by Gasteiger charge is -2.16. The van der Waals surface area contributed by atoms with Crippen molar-refractivity contribution in [3.8, 4) is 28.0 Å². The van der Waals surface area contributed by atoms with Crippen LogP contribution >= 0.6 is 0 Å². The van der Waals surface area contributed by atoms with Gasteiger partial charge >= 0.3 is 0 Å². The van der Waals surface area contributed by atoms with Gasteiger partial charge in [-0.15, -0.1) is 0 Å². The number of nitrogens with one attached hydrogen (secondary N) is 2. The first-order valence-corrected chi connectivity index (χ1v) is 8.98. The Morgan fingerprint density at radius 2 is 1.67 bits per heavy atom. The Hall–Kier alpha value is -3.53. The van der Waals surface area contributed by atoms with Crippen LogP contribution in [0.25, 0.3) is 33.2 Å². The molecule has 1 aromatic heterocycles. The van der Waals surface area contributed by atoms with Crippen molar-refractivity contribution in [2.45, 2.75) is 0 Å². The smallest absolute Gasteiger partial charge is 0.127 e. The molecule has 0 radical (unpaired) electrons. The maximum atomic E-state index is 5.74. The highest BCUT2D eigenvalue weighted by Gasteiger charge is 2.18. The number of ether oxygens (including phenoxy) is 1. The third kappa shape index (κ3) is 2.57. The van der Waals surface area contributed by atoms with Crippen molar-refractivity contribution in [2.24, 2.45) is 0 Å². The number of para-hydroxylation sites is 1. The highest BCUT2D eigenvalue weighted by molar-refractivity contribution is 6.00. The van der Waals surface area contributed by atoms with Crippen molar-refractivity contribution in [3.63, 3.8) is 0 Å². The fourth-order valence-electron chi connectivity index (χ4n) is 3.78. The monoisotopic (exact) mass is 353 g/mol. The number of pyridine rings is 1. The van der Waals surface area contributed by atoms with Crippen molar-refractivity contribution in [1.82, 2.24) is 4.98 Å². The average molecular weight is 353 g/mol. The Kier molecular flexibility index (Phi) is 3.68. The SMILES string of the molecule is COc1cccc(-c2cccc3cccnc23)c1-c1ccc2c(c1)NCN2. The molecule has 0 aliphatic carbocycles. The molecule has 0 saturated heterocycles. The van der Waals surface area contributed by atoms with Crippen LogP contribution in [0.15, 0.2) is 72.9 Å². The van der Waals surface area contributed by atoms with Crippen molar-refractivity contribution in [3.05, 3.63) is 72.9 Å². The second kappa shape index (κ2) is 6.32. The minimum atomic E-state index is 0.755. The molecule has 0 bridgehead atoms. The fourth-order valence-corrected chi connectivity index (χ4v) is 3.78. The summed E-state index contributed by atoms with van der Waals surface area (Å²) in [5, 5.41) is 7.83. The van der Waals surface area contributed by atoms with E-state index in [1.165, 1.54) is 0 Å². The first-order valence-electron chi connectivity index (χ1n) is 8.98. The molecule has 1 aliphatic rings. The molecule has 132 valence electrons. The van der Waals surface area contributed by atoms with Gasteiger partial charge in [-0.05, 0) is 35.4 Å². The molecule has 0 fully saturated rings. The Labute approximate surface area is 157 Å². The number of hydrogen-bond acceptors (Lipinski definition) is 4. The lowest BCUT2D eigenvalue weighted by molar-refractivity contribution is 0.416. The predicted molar refractivity (Wildman–Crippen MR) is 111 cm³/mol. The molecule has 3 aromatic carbocycles. The normalized spacial score (nSPS) is 12.3. The zero-order valence-corrected chi connectivity index (χ0v) is 15.0. The number of anilines is 2. The van der Waals surface area contributed by atoms with Gasteiger partial charge in [-0.1, -0.05) is 42.5 Å². The first kappa shape index (κ1) is 15.7. The third-order valence-corrected chi connectivity index (χ3v) is 5.03. The van der Waals surface area contributed by atoms with Crippen LogP contribution in [0, 0.1) is 0 Å². The fraction of sp³-hybridized carbons (Fsp3) is 0.0870. The van der Waals surface area contributed by atoms with Crippen LogP contribution in [-0.4, -0.2) is 18.8 Å². The lowest BCUT2D eigenvalue weighted by atomic mass is 9.92. The van der Waals surface area contributed by atoms with Crippen LogP contribution in [-0.2, 0) is 0 Å². The lowest BCUT2D eigenvalue weighted by Crippen LogP contribution is -1.99. The predicted octanol–water partition coefficient (Wildman–Crippen LogP) is 5.37. The maximum Gasteiger partial charge on any atom is 0.127 e. The molecule has 2 N–H and O–H groups in total. The van der Waals surface area contributed by atoms with E-state index in [9.17, 15) is 0 Å². The van der Waals surface area contributed by atoms with Gasteiger partial charge < -0.3 is 15.4 Å². The van der Waals surface area contributed by atoms with E-state index >= 15 is 0 Å². The third-order valence-electron chi connectivity index (χ3n) is 5.03. The van der Waals surface area contributed by atoms with Crippen molar-refractivity contribution in [2.75, 3.05) is 24.4 Å². The topological polar surface area (TPSA) is 46.2 Å². The minimum Gasteiger partial charge on any atom is -0.496 e. The molecule has 4 heteroatoms. The molecule has 5 rings (SSSR count). The van der Waals surface area contributed by atoms with Crippen LogP contribution in [0.4, 0.5) is 11.4 Å². The number of aromatic nitrogens is 1. The Morgan fingerprint density at radius 1 is 0.852 bits per heavy atom. The minimum absolute atomic E-state index is 0.755. The molecule has 0 atom stereocenters. The largest absolute Gasteiger partial charge is 0.496 e. The van der Waals surface area contributed by atoms with Gasteiger partial charge in [-0.3, -0.25) is 4.98 Å². The zero-order chi connectivity index (χ0) is 18.2. The summed E-state index contributed by atoms with van der Waals surface area (Å²) in [6.45, 7) is 0.755. The molecule has 0 amide bonds. The van der Waals surface area contributed by atoms with E-state index in [0.29, 0.717) is 0 Å². The number of hydrogen-bond donors (Lipinski definition) is 2. The molecule has 2 heterocycles. The summed E-state index contributed by atoms with van der Waals surface area (Å²) >= 11 is 0. The highest BCUT2D eigenvalue weighted by atomic mass is 16.5. The van der Waals surface area contributed by atoms with Crippen molar-refractivity contribution < 1.29 is 4.74 Å². The van der Waals surface area contributed by atoms with Crippen molar-refractivity contribution >= 4 is 22.3 Å². The van der Waals surface area contributed by atoms with E-state index in [-0.39, 0.29) is 0 Å². The van der Waals surface area contributed by atoms with E-state index in [2.05, 4.69) is 64.1 Å². The van der Waals surface area contributed by atoms with Gasteiger partial charge in [-0.2, -0.15) is 0 Å². The molecule has 0 unspecified atom stereocenters. The van der Waals surface area contributed by atoms with Gasteiger partial charge in [-0.25, -0.2) is 0 Å². The second-order valence-electron chi connectivity index (χ2n) is 6.55. The number of nitrogens with zero attached hydrogens (tertiary/aromatic N) is 1. The van der Waals surface area contributed by atoms with Gasteiger partial charge in [0, 0.05) is 22.7 Å². The molecular formula is C23H19N3O. The molecule has 0 spiro atoms. The molecule has 0 saturated carbocycles. The van der Waals surface area contributed by atoms with Gasteiger partial charge in [0.05, 0.1) is 30.7 Å². The first-order chi connectivity index (χ1) is 13.3. The Bertz CT molecular complexity index is 1150. The molecule has 4 nitrogen and oxygen atoms in total. The van der Waals surface area contributed by atoms with E-state index in [1.54, 1.807) is 7.11 Å². The van der Waals surface area contributed by atoms with Crippen LogP contribution in [0.1, 0.15) is 0 Å². The van der Waals surface area contributed by atoms with Crippen LogP contribution in [0.2, 0.25) is 0 Å². The van der Waals surface area contributed by atoms with Crippen LogP contribution in [0.5, 0.6) is 5.75 Å². The molecule has 1 aliphatic heterocycles. The quantitative estimate of drug-likeness (QED) is 0.520. The summed E-state index contributed by atoms with van der Waals surface area (Å²) in [6.07, 6.45) is 1.84. The number of fused-ring (bicyclic) bond motifs is 2. The summed E-state index contributed by atoms with van der Waals surface area (Å²) in [7, 11) is 1.72. The average Bonchev–Trinajstić information content (AvgIpc) is 3.20. The highest BCUT2D eigenvalue weighted by Crippen LogP contribution is 2.43. The van der Waals surface area contributed by atoms with E-state index < -0.39 is 0 Å². The van der Waals surface area contributed by atoms with Crippen LogP contribution < -0.4 is 15.4 Å². The Morgan fingerprint density at radius 3 is 2.59 bits per heavy atom. The Balaban J connectivity index is 1.79. The molecule has 27 heavy (non-hydrogen) atoms. The van der Waals surface area contributed by atoms with Gasteiger partial charge in [0.2, 0.25) is 0 Å². The van der Waals surface area contributed by atoms with Crippen molar-refractivity contribution in [1.29, 1.82) is 0 Å². The maximum absolute atomic E-state index is 5.74. The summed E-state index contributed by atoms with van der Waals surface area (Å²) in [6, 6.07) is 23.0. The number of benzene rings is 3. The number of methoxy groups -OCH3 is 1. The van der Waals surface area contributed by atoms with E-state index in [4.69, 9.17) is 4.74 Å². The van der Waals surface area contributed by atoms with Crippen LogP contribution in [0.3, 0.4) is 0 Å². The molecule has 4 aromatic rings. The number of rotatable bonds is 3. The standard InChI is InChI=1S/C23H19N3O/c1-27-21-9-3-7-17(18-8-2-5-15-6-4-12-24-23(15)18)22(21)16-10-11-19-20(13-16)26-14-25-19/h2-13,25-26H,14H2,1H3. The summed E-state index contributed by atoms with van der Waals surface area (Å²) in [5.74, 6) is 0.853.